The average Bonchev–Trinajstić information content (AvgIpc) is 2.62. The molecule has 28 heavy (non-hydrogen) atoms. The van der Waals surface area contributed by atoms with E-state index in [1.807, 2.05) is 23.6 Å². The molecule has 1 N–H and O–H groups in total. The van der Waals surface area contributed by atoms with Gasteiger partial charge in [0, 0.05) is 37.4 Å². The number of hydrogen-bond donors (Lipinski definition) is 1. The number of amides is 2. The molecular weight excluding hydrogens is 352 g/mol. The molecule has 0 bridgehead atoms. The van der Waals surface area contributed by atoms with E-state index in [1.54, 1.807) is 18.3 Å². The molecule has 2 amide bonds. The predicted molar refractivity (Wildman–Crippen MR) is 110 cm³/mol. The number of hydrogen-bond acceptors (Lipinski definition) is 4. The van der Waals surface area contributed by atoms with Crippen LogP contribution in [0.3, 0.4) is 0 Å². The molecule has 1 fully saturated rings. The largest absolute Gasteiger partial charge is 0.350 e. The summed E-state index contributed by atoms with van der Waals surface area (Å²) < 4.78 is 0. The first-order valence-electron chi connectivity index (χ1n) is 9.68. The molecule has 1 aromatic carbocycles. The standard InChI is InChI=1S/C22H28N4O2/c1-15(2)24-22(28)19-5-6-23-20(12-19)25-7-8-26(21(27)14-25)13-18-10-16(3)9-17(4)11-18/h5-6,9-12,15H,7-8,13-14H2,1-4H3,(H,24,28). The lowest BCUT2D eigenvalue weighted by molar-refractivity contribution is -0.131. The molecule has 0 spiro atoms. The van der Waals surface area contributed by atoms with Gasteiger partial charge in [0.2, 0.25) is 5.91 Å². The van der Waals surface area contributed by atoms with Gasteiger partial charge in [-0.15, -0.1) is 0 Å². The predicted octanol–water partition coefficient (Wildman–Crippen LogP) is 2.69. The van der Waals surface area contributed by atoms with Crippen LogP contribution in [0.1, 0.15) is 40.9 Å². The quantitative estimate of drug-likeness (QED) is 0.866. The Morgan fingerprint density at radius 1 is 1.14 bits per heavy atom. The van der Waals surface area contributed by atoms with Gasteiger partial charge in [0.15, 0.2) is 0 Å². The molecule has 1 aromatic heterocycles. The van der Waals surface area contributed by atoms with Gasteiger partial charge in [-0.25, -0.2) is 4.98 Å². The number of piperazine rings is 1. The summed E-state index contributed by atoms with van der Waals surface area (Å²) in [6.07, 6.45) is 1.62. The van der Waals surface area contributed by atoms with Crippen LogP contribution in [0, 0.1) is 13.8 Å². The average molecular weight is 380 g/mol. The van der Waals surface area contributed by atoms with Gasteiger partial charge < -0.3 is 15.1 Å². The highest BCUT2D eigenvalue weighted by atomic mass is 16.2. The summed E-state index contributed by atoms with van der Waals surface area (Å²) in [5.74, 6) is 0.610. The summed E-state index contributed by atoms with van der Waals surface area (Å²) in [7, 11) is 0. The molecule has 0 unspecified atom stereocenters. The minimum Gasteiger partial charge on any atom is -0.350 e. The Bertz CT molecular complexity index is 858. The number of carbonyl (C=O) groups excluding carboxylic acids is 2. The van der Waals surface area contributed by atoms with E-state index in [9.17, 15) is 9.59 Å². The highest BCUT2D eigenvalue weighted by Gasteiger charge is 2.25. The molecule has 2 aromatic rings. The summed E-state index contributed by atoms with van der Waals surface area (Å²) >= 11 is 0. The lowest BCUT2D eigenvalue weighted by atomic mass is 10.1. The molecule has 0 saturated carbocycles. The summed E-state index contributed by atoms with van der Waals surface area (Å²) in [4.78, 5) is 33.1. The van der Waals surface area contributed by atoms with Gasteiger partial charge in [0.05, 0.1) is 6.54 Å². The van der Waals surface area contributed by atoms with Crippen molar-refractivity contribution in [2.75, 3.05) is 24.5 Å². The number of rotatable bonds is 5. The zero-order valence-electron chi connectivity index (χ0n) is 17.0. The molecule has 2 heterocycles. The maximum atomic E-state index is 12.7. The van der Waals surface area contributed by atoms with Crippen LogP contribution in [-0.4, -0.2) is 47.4 Å². The van der Waals surface area contributed by atoms with Crippen LogP contribution >= 0.6 is 0 Å². The lowest BCUT2D eigenvalue weighted by Crippen LogP contribution is -2.50. The van der Waals surface area contributed by atoms with Gasteiger partial charge in [-0.05, 0) is 45.4 Å². The van der Waals surface area contributed by atoms with Crippen molar-refractivity contribution in [1.29, 1.82) is 0 Å². The maximum Gasteiger partial charge on any atom is 0.251 e. The molecule has 1 saturated heterocycles. The highest BCUT2D eigenvalue weighted by molar-refractivity contribution is 5.95. The second kappa shape index (κ2) is 8.42. The highest BCUT2D eigenvalue weighted by Crippen LogP contribution is 2.18. The van der Waals surface area contributed by atoms with E-state index < -0.39 is 0 Å². The Kier molecular flexibility index (Phi) is 5.97. The van der Waals surface area contributed by atoms with E-state index in [2.05, 4.69) is 42.3 Å². The van der Waals surface area contributed by atoms with E-state index >= 15 is 0 Å². The SMILES string of the molecule is Cc1cc(C)cc(CN2CCN(c3cc(C(=O)NC(C)C)ccn3)CC2=O)c1. The number of aryl methyl sites for hydroxylation is 2. The van der Waals surface area contributed by atoms with Crippen LogP contribution in [0.25, 0.3) is 0 Å². The number of nitrogens with one attached hydrogen (secondary N) is 1. The fraction of sp³-hybridized carbons (Fsp3) is 0.409. The van der Waals surface area contributed by atoms with Crippen LogP contribution in [-0.2, 0) is 11.3 Å². The molecule has 1 aliphatic rings. The van der Waals surface area contributed by atoms with Crippen molar-refractivity contribution in [2.45, 2.75) is 40.3 Å². The Hall–Kier alpha value is -2.89. The fourth-order valence-electron chi connectivity index (χ4n) is 3.53. The Labute approximate surface area is 166 Å². The third kappa shape index (κ3) is 4.88. The molecule has 1 aliphatic heterocycles. The molecule has 148 valence electrons. The van der Waals surface area contributed by atoms with Gasteiger partial charge in [-0.3, -0.25) is 9.59 Å². The first-order chi connectivity index (χ1) is 13.3. The second-order valence-electron chi connectivity index (χ2n) is 7.76. The van der Waals surface area contributed by atoms with E-state index in [4.69, 9.17) is 0 Å². The van der Waals surface area contributed by atoms with Gasteiger partial charge in [-0.1, -0.05) is 29.3 Å². The van der Waals surface area contributed by atoms with Crippen molar-refractivity contribution in [3.05, 3.63) is 58.8 Å². The third-order valence-electron chi connectivity index (χ3n) is 4.73. The second-order valence-corrected chi connectivity index (χ2v) is 7.76. The number of nitrogens with zero attached hydrogens (tertiary/aromatic N) is 3. The normalized spacial score (nSPS) is 14.5. The van der Waals surface area contributed by atoms with Crippen molar-refractivity contribution in [3.8, 4) is 0 Å². The monoisotopic (exact) mass is 380 g/mol. The number of aromatic nitrogens is 1. The minimum absolute atomic E-state index is 0.0690. The number of pyridine rings is 1. The maximum absolute atomic E-state index is 12.7. The van der Waals surface area contributed by atoms with Crippen molar-refractivity contribution in [1.82, 2.24) is 15.2 Å². The zero-order valence-corrected chi connectivity index (χ0v) is 17.0. The molecule has 6 nitrogen and oxygen atoms in total. The van der Waals surface area contributed by atoms with Gasteiger partial charge >= 0.3 is 0 Å². The van der Waals surface area contributed by atoms with Crippen LogP contribution in [0.4, 0.5) is 5.82 Å². The molecule has 0 radical (unpaired) electrons. The van der Waals surface area contributed by atoms with Crippen molar-refractivity contribution >= 4 is 17.6 Å². The van der Waals surface area contributed by atoms with Crippen LogP contribution < -0.4 is 10.2 Å². The van der Waals surface area contributed by atoms with Crippen LogP contribution in [0.5, 0.6) is 0 Å². The Morgan fingerprint density at radius 2 is 1.86 bits per heavy atom. The van der Waals surface area contributed by atoms with Crippen molar-refractivity contribution in [2.24, 2.45) is 0 Å². The number of benzene rings is 1. The lowest BCUT2D eigenvalue weighted by Gasteiger charge is -2.35. The van der Waals surface area contributed by atoms with Gasteiger partial charge in [-0.2, -0.15) is 0 Å². The van der Waals surface area contributed by atoms with Crippen molar-refractivity contribution < 1.29 is 9.59 Å². The van der Waals surface area contributed by atoms with Gasteiger partial charge in [0.25, 0.3) is 5.91 Å². The molecule has 0 atom stereocenters. The summed E-state index contributed by atoms with van der Waals surface area (Å²) in [5, 5.41) is 2.88. The van der Waals surface area contributed by atoms with E-state index in [0.29, 0.717) is 31.0 Å². The van der Waals surface area contributed by atoms with Crippen LogP contribution in [0.15, 0.2) is 36.5 Å². The number of carbonyl (C=O) groups is 2. The van der Waals surface area contributed by atoms with Gasteiger partial charge in [0.1, 0.15) is 5.82 Å². The molecule has 0 aliphatic carbocycles. The topological polar surface area (TPSA) is 65.5 Å². The summed E-state index contributed by atoms with van der Waals surface area (Å²) in [5.41, 5.74) is 4.14. The molecule has 6 heteroatoms. The summed E-state index contributed by atoms with van der Waals surface area (Å²) in [6, 6.07) is 9.91. The smallest absolute Gasteiger partial charge is 0.251 e. The fourth-order valence-corrected chi connectivity index (χ4v) is 3.53. The van der Waals surface area contributed by atoms with E-state index in [-0.39, 0.29) is 24.4 Å². The first kappa shape index (κ1) is 19.9. The zero-order chi connectivity index (χ0) is 20.3. The summed E-state index contributed by atoms with van der Waals surface area (Å²) in [6.45, 7) is 10.2. The number of anilines is 1. The molecule has 3 rings (SSSR count). The van der Waals surface area contributed by atoms with E-state index in [1.165, 1.54) is 11.1 Å². The first-order valence-corrected chi connectivity index (χ1v) is 9.68. The Balaban J connectivity index is 1.67. The van der Waals surface area contributed by atoms with Crippen molar-refractivity contribution in [3.63, 3.8) is 0 Å². The third-order valence-corrected chi connectivity index (χ3v) is 4.73. The Morgan fingerprint density at radius 3 is 2.50 bits per heavy atom. The molecular formula is C22H28N4O2. The van der Waals surface area contributed by atoms with E-state index in [0.717, 1.165) is 5.56 Å². The minimum atomic E-state index is -0.126. The van der Waals surface area contributed by atoms with Crippen LogP contribution in [0.2, 0.25) is 0 Å².